The number of carboxylic acids is 1. The molecule has 36 heavy (non-hydrogen) atoms. The van der Waals surface area contributed by atoms with Gasteiger partial charge >= 0.3 is 0 Å². The topological polar surface area (TPSA) is 206 Å². The van der Waals surface area contributed by atoms with Crippen molar-refractivity contribution in [1.29, 1.82) is 0 Å². The lowest BCUT2D eigenvalue weighted by Gasteiger charge is -2.50. The Morgan fingerprint density at radius 3 is 2.72 bits per heavy atom. The molecule has 1 saturated heterocycles. The predicted octanol–water partition coefficient (Wildman–Crippen LogP) is -2.71. The second kappa shape index (κ2) is 11.0. The number of aromatic nitrogens is 2. The minimum Gasteiger partial charge on any atom is -0.543 e. The van der Waals surface area contributed by atoms with Gasteiger partial charge < -0.3 is 36.0 Å². The zero-order valence-corrected chi connectivity index (χ0v) is 20.8. The van der Waals surface area contributed by atoms with E-state index < -0.39 is 47.7 Å². The number of rotatable bonds is 11. The Kier molecular flexibility index (Phi) is 8.26. The van der Waals surface area contributed by atoms with Crippen LogP contribution < -0.4 is 21.9 Å². The van der Waals surface area contributed by atoms with Crippen molar-refractivity contribution in [2.75, 3.05) is 45.5 Å². The number of hydrogen-bond donors (Lipinski definition) is 3. The summed E-state index contributed by atoms with van der Waals surface area (Å²) in [6, 6.07) is -1.10. The molecule has 2 aliphatic rings. The third-order valence-electron chi connectivity index (χ3n) is 5.05. The monoisotopic (exact) mass is 542 g/mol. The number of halogens is 1. The number of alkyl halides is 1. The van der Waals surface area contributed by atoms with Crippen molar-refractivity contribution in [3.63, 3.8) is 0 Å². The number of primary amides is 1. The molecule has 0 saturated carbocycles. The molecule has 0 unspecified atom stereocenters. The largest absolute Gasteiger partial charge is 0.543 e. The van der Waals surface area contributed by atoms with Crippen LogP contribution in [0.2, 0.25) is 0 Å². The number of nitrogens with zero attached hydrogens (tertiary/aromatic N) is 5. The van der Waals surface area contributed by atoms with E-state index in [0.717, 1.165) is 16.4 Å². The number of carbonyl (C=O) groups excluding carboxylic acids is 4. The molecule has 14 nitrogen and oxygen atoms in total. The number of carbonyl (C=O) groups is 4. The summed E-state index contributed by atoms with van der Waals surface area (Å²) >= 11 is 2.00. The van der Waals surface area contributed by atoms with Gasteiger partial charge in [0.2, 0.25) is 11.5 Å². The lowest BCUT2D eigenvalue weighted by molar-refractivity contribution is -0.876. The Bertz CT molecular complexity index is 1170. The smallest absolute Gasteiger partial charge is 0.278 e. The third-order valence-corrected chi connectivity index (χ3v) is 6.90. The molecule has 2 atom stereocenters. The van der Waals surface area contributed by atoms with Crippen molar-refractivity contribution >= 4 is 57.8 Å². The Morgan fingerprint density at radius 1 is 1.42 bits per heavy atom. The van der Waals surface area contributed by atoms with Crippen molar-refractivity contribution in [2.45, 2.75) is 11.4 Å². The molecule has 1 aromatic rings. The summed E-state index contributed by atoms with van der Waals surface area (Å²) in [5, 5.41) is 17.0. The van der Waals surface area contributed by atoms with E-state index in [9.17, 15) is 28.7 Å². The lowest BCUT2D eigenvalue weighted by atomic mass is 10.0. The molecule has 3 heterocycles. The van der Waals surface area contributed by atoms with Gasteiger partial charge in [-0.3, -0.25) is 19.3 Å². The maximum Gasteiger partial charge on any atom is 0.278 e. The number of hydrogen-bond acceptors (Lipinski definition) is 12. The quantitative estimate of drug-likeness (QED) is 0.114. The van der Waals surface area contributed by atoms with E-state index in [0.29, 0.717) is 12.1 Å². The molecule has 0 radical (unpaired) electrons. The van der Waals surface area contributed by atoms with Crippen molar-refractivity contribution < 1.29 is 38.0 Å². The summed E-state index contributed by atoms with van der Waals surface area (Å²) in [5.41, 5.74) is 10.3. The van der Waals surface area contributed by atoms with E-state index in [2.05, 4.69) is 24.7 Å². The zero-order valence-electron chi connectivity index (χ0n) is 19.2. The number of fused-ring (bicyclic) bond motifs is 1. The van der Waals surface area contributed by atoms with Gasteiger partial charge in [-0.15, -0.1) is 11.8 Å². The lowest BCUT2D eigenvalue weighted by Crippen LogP contribution is -2.71. The minimum absolute atomic E-state index is 0.0283. The van der Waals surface area contributed by atoms with Crippen LogP contribution in [-0.2, 0) is 24.0 Å². The highest BCUT2D eigenvalue weighted by molar-refractivity contribution is 8.00. The molecule has 3 amide bonds. The molecule has 0 spiro atoms. The molecule has 2 aliphatic heterocycles. The van der Waals surface area contributed by atoms with Crippen LogP contribution in [0.25, 0.3) is 0 Å². The third kappa shape index (κ3) is 5.97. The van der Waals surface area contributed by atoms with Crippen LogP contribution in [0.15, 0.2) is 28.6 Å². The van der Waals surface area contributed by atoms with E-state index in [1.807, 2.05) is 0 Å². The number of quaternary nitrogens is 1. The Balaban J connectivity index is 1.76. The number of aliphatic carboxylic acids is 1. The number of anilines is 1. The van der Waals surface area contributed by atoms with Gasteiger partial charge in [0, 0.05) is 17.3 Å². The summed E-state index contributed by atoms with van der Waals surface area (Å²) in [6.45, 7) is -0.852. The highest BCUT2D eigenvalue weighted by Gasteiger charge is 2.53. The van der Waals surface area contributed by atoms with Crippen molar-refractivity contribution in [1.82, 2.24) is 19.6 Å². The fourth-order valence-corrected chi connectivity index (χ4v) is 5.29. The first-order valence-corrected chi connectivity index (χ1v) is 12.1. The number of nitrogens with two attached hydrogens (primary N) is 2. The van der Waals surface area contributed by atoms with E-state index in [1.54, 1.807) is 26.2 Å². The highest BCUT2D eigenvalue weighted by Crippen LogP contribution is 2.40. The molecule has 3 rings (SSSR count). The maximum atomic E-state index is 12.8. The first-order valence-electron chi connectivity index (χ1n) is 10.3. The van der Waals surface area contributed by atoms with Gasteiger partial charge in [-0.05, 0) is 11.6 Å². The molecule has 0 aromatic carbocycles. The van der Waals surface area contributed by atoms with Gasteiger partial charge in [-0.25, -0.2) is 4.39 Å². The van der Waals surface area contributed by atoms with Crippen LogP contribution in [0.4, 0.5) is 9.52 Å². The van der Waals surface area contributed by atoms with Gasteiger partial charge in [-0.1, -0.05) is 11.2 Å². The van der Waals surface area contributed by atoms with Crippen LogP contribution in [0.5, 0.6) is 0 Å². The van der Waals surface area contributed by atoms with Gasteiger partial charge in [0.1, 0.15) is 11.4 Å². The average Bonchev–Trinajstić information content (AvgIpc) is 3.21. The maximum absolute atomic E-state index is 12.8. The molecule has 1 fully saturated rings. The van der Waals surface area contributed by atoms with Gasteiger partial charge in [0.25, 0.3) is 24.6 Å². The normalized spacial score (nSPS) is 20.2. The summed E-state index contributed by atoms with van der Waals surface area (Å²) in [5.74, 6) is -3.66. The molecule has 5 N–H and O–H groups in total. The van der Waals surface area contributed by atoms with Gasteiger partial charge in [0.05, 0.1) is 32.3 Å². The van der Waals surface area contributed by atoms with Gasteiger partial charge in [0.15, 0.2) is 11.7 Å². The molecular weight excluding hydrogens is 519 g/mol. The number of thioether (sulfide) groups is 1. The molecule has 0 bridgehead atoms. The number of likely N-dealkylation sites (N-methyl/N-ethyl adjacent to an activating group) is 1. The fourth-order valence-electron chi connectivity index (χ4n) is 3.54. The molecule has 194 valence electrons. The predicted molar refractivity (Wildman–Crippen MR) is 125 cm³/mol. The second-order valence-corrected chi connectivity index (χ2v) is 10.2. The number of nitrogen functional groups attached to an aromatic ring is 1. The van der Waals surface area contributed by atoms with Crippen LogP contribution >= 0.6 is 23.3 Å². The zero-order chi connectivity index (χ0) is 26.6. The van der Waals surface area contributed by atoms with Crippen molar-refractivity contribution in [3.05, 3.63) is 29.2 Å². The van der Waals surface area contributed by atoms with Gasteiger partial charge in [-0.2, -0.15) is 9.36 Å². The first-order chi connectivity index (χ1) is 16.9. The number of oxime groups is 1. The average molecular weight is 543 g/mol. The summed E-state index contributed by atoms with van der Waals surface area (Å²) < 4.78 is 16.5. The summed E-state index contributed by atoms with van der Waals surface area (Å²) in [4.78, 5) is 57.8. The number of β-lactam (4-membered cyclic amide) rings is 1. The van der Waals surface area contributed by atoms with Crippen LogP contribution in [0, 0.1) is 0 Å². The Hall–Kier alpha value is -3.57. The van der Waals surface area contributed by atoms with E-state index in [4.69, 9.17) is 11.5 Å². The number of allylic oxidation sites excluding steroid dienone is 1. The Morgan fingerprint density at radius 2 is 2.14 bits per heavy atom. The number of amides is 3. The van der Waals surface area contributed by atoms with Crippen molar-refractivity contribution in [2.24, 2.45) is 10.9 Å². The molecule has 0 aliphatic carbocycles. The van der Waals surface area contributed by atoms with E-state index in [-0.39, 0.29) is 33.4 Å². The second-order valence-electron chi connectivity index (χ2n) is 8.30. The Labute approximate surface area is 212 Å². The summed E-state index contributed by atoms with van der Waals surface area (Å²) in [7, 11) is 3.57. The van der Waals surface area contributed by atoms with Crippen LogP contribution in [0.3, 0.4) is 0 Å². The minimum atomic E-state index is -1.55. The van der Waals surface area contributed by atoms with Crippen LogP contribution in [-0.4, -0.2) is 99.4 Å². The number of nitrogens with one attached hydrogen (secondary N) is 1. The molecular formula is C19H23FN8O6S2. The molecule has 17 heteroatoms. The SMILES string of the molecule is C[N+](C)(C/C=C/C1=C(C(=O)[O-])N2C(=O)[C@@H](NC(=O)/C(=N\OCF)c3nsc(N)n3)[C@@H]2SC1)CC(N)=O. The van der Waals surface area contributed by atoms with Crippen molar-refractivity contribution in [3.8, 4) is 0 Å². The van der Waals surface area contributed by atoms with Crippen LogP contribution in [0.1, 0.15) is 5.82 Å². The fraction of sp³-hybridized carbons (Fsp3) is 0.421. The summed E-state index contributed by atoms with van der Waals surface area (Å²) in [6.07, 6.45) is 3.25. The van der Waals surface area contributed by atoms with E-state index >= 15 is 0 Å². The standard InChI is InChI=1S/C19H23FN8O6S2/c1-28(2,6-10(21)29)5-3-4-9-7-35-17-12(16(31)27(17)13(9)18(32)33)23-15(30)11(25-34-8-20)14-24-19(22)36-26-14/h3-4,12,17H,5-8H2,1-2H3,(H5-,21,22,23,24,26,29,30,32,33)/b4-3+,25-11-/t12-,17+/m1/s1. The highest BCUT2D eigenvalue weighted by atomic mass is 32.2. The number of carboxylic acid groups (broad SMARTS) is 1. The molecule has 1 aromatic heterocycles. The first kappa shape index (κ1) is 27.0. The van der Waals surface area contributed by atoms with E-state index in [1.165, 1.54) is 11.8 Å².